The number of hydrogen-bond donors (Lipinski definition) is 1. The van der Waals surface area contributed by atoms with Gasteiger partial charge in [-0.05, 0) is 45.8 Å². The Hall–Kier alpha value is -2.04. The van der Waals surface area contributed by atoms with Crippen LogP contribution < -0.4 is 5.32 Å². The molecule has 0 bridgehead atoms. The SMILES string of the molecule is CCS(=O)(=O)c1ccc(CC(=O)Nc2nnc(-c3ccc(Br)s3)o2)cc1. The van der Waals surface area contributed by atoms with Crippen molar-refractivity contribution >= 4 is 49.0 Å². The van der Waals surface area contributed by atoms with Crippen LogP contribution in [0.25, 0.3) is 10.8 Å². The van der Waals surface area contributed by atoms with Crippen LogP contribution in [0.2, 0.25) is 0 Å². The van der Waals surface area contributed by atoms with Gasteiger partial charge in [-0.2, -0.15) is 0 Å². The highest BCUT2D eigenvalue weighted by Gasteiger charge is 2.14. The van der Waals surface area contributed by atoms with E-state index in [4.69, 9.17) is 4.42 Å². The summed E-state index contributed by atoms with van der Waals surface area (Å²) in [5, 5.41) is 10.2. The van der Waals surface area contributed by atoms with E-state index in [-0.39, 0.29) is 29.0 Å². The summed E-state index contributed by atoms with van der Waals surface area (Å²) >= 11 is 4.80. The average molecular weight is 456 g/mol. The van der Waals surface area contributed by atoms with Gasteiger partial charge < -0.3 is 4.42 Å². The Bertz CT molecular complexity index is 1030. The van der Waals surface area contributed by atoms with Gasteiger partial charge in [0, 0.05) is 0 Å². The molecular formula is C16H14BrN3O4S2. The second-order valence-corrected chi connectivity index (χ2v) is 10.0. The lowest BCUT2D eigenvalue weighted by Crippen LogP contribution is -2.14. The molecule has 10 heteroatoms. The number of carbonyl (C=O) groups excluding carboxylic acids is 1. The van der Waals surface area contributed by atoms with Crippen molar-refractivity contribution < 1.29 is 17.6 Å². The molecule has 0 saturated carbocycles. The van der Waals surface area contributed by atoms with Crippen LogP contribution >= 0.6 is 27.3 Å². The van der Waals surface area contributed by atoms with Gasteiger partial charge in [-0.25, -0.2) is 8.42 Å². The molecule has 0 saturated heterocycles. The summed E-state index contributed by atoms with van der Waals surface area (Å²) in [6.45, 7) is 1.59. The topological polar surface area (TPSA) is 102 Å². The Balaban J connectivity index is 1.63. The molecule has 26 heavy (non-hydrogen) atoms. The largest absolute Gasteiger partial charge is 0.402 e. The van der Waals surface area contributed by atoms with Crippen molar-refractivity contribution in [1.29, 1.82) is 0 Å². The zero-order chi connectivity index (χ0) is 18.7. The van der Waals surface area contributed by atoms with Crippen molar-refractivity contribution in [3.8, 4) is 10.8 Å². The third-order valence-electron chi connectivity index (χ3n) is 3.48. The van der Waals surface area contributed by atoms with Crippen molar-refractivity contribution in [2.45, 2.75) is 18.2 Å². The number of benzene rings is 1. The number of anilines is 1. The standard InChI is InChI=1S/C16H14BrN3O4S2/c1-2-26(22,23)11-5-3-10(4-6-11)9-14(21)18-16-20-19-15(24-16)12-7-8-13(17)25-12/h3-8H,2,9H2,1H3,(H,18,20,21). The molecule has 1 N–H and O–H groups in total. The Labute approximate surface area is 162 Å². The minimum absolute atomic E-state index is 0.0136. The molecule has 0 fully saturated rings. The highest BCUT2D eigenvalue weighted by atomic mass is 79.9. The second-order valence-electron chi connectivity index (χ2n) is 5.29. The molecule has 3 rings (SSSR count). The fourth-order valence-corrected chi connectivity index (χ4v) is 4.32. The summed E-state index contributed by atoms with van der Waals surface area (Å²) in [7, 11) is -3.25. The van der Waals surface area contributed by atoms with Gasteiger partial charge in [0.05, 0.1) is 25.7 Å². The molecule has 2 heterocycles. The fraction of sp³-hybridized carbons (Fsp3) is 0.188. The summed E-state index contributed by atoms with van der Waals surface area (Å²) < 4.78 is 29.9. The van der Waals surface area contributed by atoms with Crippen molar-refractivity contribution in [3.63, 3.8) is 0 Å². The smallest absolute Gasteiger partial charge is 0.322 e. The van der Waals surface area contributed by atoms with Crippen molar-refractivity contribution in [2.75, 3.05) is 11.1 Å². The number of sulfone groups is 1. The first kappa shape index (κ1) is 18.7. The van der Waals surface area contributed by atoms with Crippen LogP contribution in [-0.4, -0.2) is 30.3 Å². The molecular weight excluding hydrogens is 442 g/mol. The quantitative estimate of drug-likeness (QED) is 0.609. The summed E-state index contributed by atoms with van der Waals surface area (Å²) in [6, 6.07) is 9.95. The first-order valence-electron chi connectivity index (χ1n) is 7.58. The number of nitrogens with zero attached hydrogens (tertiary/aromatic N) is 2. The Morgan fingerprint density at radius 1 is 1.19 bits per heavy atom. The summed E-state index contributed by atoms with van der Waals surface area (Å²) in [5.74, 6) is 0.0245. The number of aromatic nitrogens is 2. The van der Waals surface area contributed by atoms with E-state index in [1.54, 1.807) is 19.1 Å². The van der Waals surface area contributed by atoms with E-state index in [0.29, 0.717) is 11.5 Å². The molecule has 7 nitrogen and oxygen atoms in total. The van der Waals surface area contributed by atoms with Gasteiger partial charge in [0.15, 0.2) is 9.84 Å². The van der Waals surface area contributed by atoms with Crippen molar-refractivity contribution in [1.82, 2.24) is 10.2 Å². The van der Waals surface area contributed by atoms with Crippen LogP contribution in [0.5, 0.6) is 0 Å². The van der Waals surface area contributed by atoms with E-state index in [1.165, 1.54) is 23.5 Å². The van der Waals surface area contributed by atoms with Crippen LogP contribution in [0.1, 0.15) is 12.5 Å². The van der Waals surface area contributed by atoms with E-state index in [9.17, 15) is 13.2 Å². The minimum Gasteiger partial charge on any atom is -0.402 e. The third kappa shape index (κ3) is 4.37. The maximum Gasteiger partial charge on any atom is 0.322 e. The average Bonchev–Trinajstić information content (AvgIpc) is 3.24. The minimum atomic E-state index is -3.25. The van der Waals surface area contributed by atoms with E-state index < -0.39 is 9.84 Å². The van der Waals surface area contributed by atoms with Gasteiger partial charge in [-0.3, -0.25) is 10.1 Å². The predicted molar refractivity (Wildman–Crippen MR) is 102 cm³/mol. The molecule has 3 aromatic rings. The Morgan fingerprint density at radius 3 is 2.54 bits per heavy atom. The summed E-state index contributed by atoms with van der Waals surface area (Å²) in [4.78, 5) is 13.1. The summed E-state index contributed by atoms with van der Waals surface area (Å²) in [6.07, 6.45) is 0.0642. The first-order valence-corrected chi connectivity index (χ1v) is 10.8. The highest BCUT2D eigenvalue weighted by molar-refractivity contribution is 9.11. The summed E-state index contributed by atoms with van der Waals surface area (Å²) in [5.41, 5.74) is 0.680. The van der Waals surface area contributed by atoms with Crippen LogP contribution in [0.3, 0.4) is 0 Å². The maximum atomic E-state index is 12.1. The van der Waals surface area contributed by atoms with Gasteiger partial charge in [0.25, 0.3) is 5.89 Å². The van der Waals surface area contributed by atoms with Gasteiger partial charge in [-0.1, -0.05) is 24.2 Å². The predicted octanol–water partition coefficient (Wildman–Crippen LogP) is 3.54. The zero-order valence-corrected chi connectivity index (χ0v) is 16.8. The van der Waals surface area contributed by atoms with E-state index in [1.807, 2.05) is 12.1 Å². The van der Waals surface area contributed by atoms with Crippen LogP contribution in [0, 0.1) is 0 Å². The van der Waals surface area contributed by atoms with Crippen molar-refractivity contribution in [2.24, 2.45) is 0 Å². The number of halogens is 1. The molecule has 136 valence electrons. The van der Waals surface area contributed by atoms with Crippen molar-refractivity contribution in [3.05, 3.63) is 45.7 Å². The number of thiophene rings is 1. The molecule has 0 aliphatic carbocycles. The van der Waals surface area contributed by atoms with E-state index in [0.717, 1.165) is 8.66 Å². The van der Waals surface area contributed by atoms with Gasteiger partial charge in [0.2, 0.25) is 5.91 Å². The number of carbonyl (C=O) groups is 1. The first-order chi connectivity index (χ1) is 12.4. The molecule has 0 aliphatic heterocycles. The van der Waals surface area contributed by atoms with E-state index >= 15 is 0 Å². The molecule has 0 unspecified atom stereocenters. The molecule has 0 aliphatic rings. The zero-order valence-electron chi connectivity index (χ0n) is 13.6. The van der Waals surface area contributed by atoms with Crippen LogP contribution in [0.15, 0.2) is 49.5 Å². The molecule has 2 aromatic heterocycles. The third-order valence-corrected chi connectivity index (χ3v) is 6.84. The second kappa shape index (κ2) is 7.68. The number of nitrogens with one attached hydrogen (secondary N) is 1. The molecule has 0 atom stereocenters. The Kier molecular flexibility index (Phi) is 5.54. The lowest BCUT2D eigenvalue weighted by atomic mass is 10.1. The lowest BCUT2D eigenvalue weighted by Gasteiger charge is -2.04. The van der Waals surface area contributed by atoms with Crippen LogP contribution in [-0.2, 0) is 21.1 Å². The maximum absolute atomic E-state index is 12.1. The molecule has 0 spiro atoms. The number of rotatable bonds is 6. The number of amides is 1. The van der Waals surface area contributed by atoms with Gasteiger partial charge >= 0.3 is 6.01 Å². The molecule has 1 aromatic carbocycles. The molecule has 1 amide bonds. The fourth-order valence-electron chi connectivity index (χ4n) is 2.13. The monoisotopic (exact) mass is 455 g/mol. The molecule has 0 radical (unpaired) electrons. The highest BCUT2D eigenvalue weighted by Crippen LogP contribution is 2.30. The number of hydrogen-bond acceptors (Lipinski definition) is 7. The lowest BCUT2D eigenvalue weighted by molar-refractivity contribution is -0.115. The van der Waals surface area contributed by atoms with Crippen LogP contribution in [0.4, 0.5) is 6.01 Å². The van der Waals surface area contributed by atoms with Gasteiger partial charge in [-0.15, -0.1) is 16.4 Å². The van der Waals surface area contributed by atoms with E-state index in [2.05, 4.69) is 31.4 Å². The van der Waals surface area contributed by atoms with Gasteiger partial charge in [0.1, 0.15) is 0 Å². The Morgan fingerprint density at radius 2 is 1.92 bits per heavy atom. The normalized spacial score (nSPS) is 11.5.